The predicted molar refractivity (Wildman–Crippen MR) is 64.2 cm³/mol. The van der Waals surface area contributed by atoms with Crippen molar-refractivity contribution in [3.05, 3.63) is 11.1 Å². The van der Waals surface area contributed by atoms with Crippen LogP contribution in [-0.4, -0.2) is 50.8 Å². The molecule has 0 atom stereocenters. The van der Waals surface area contributed by atoms with Gasteiger partial charge in [-0.1, -0.05) is 5.57 Å². The zero-order valence-electron chi connectivity index (χ0n) is 10.5. The maximum Gasteiger partial charge on any atom is 0.0596 e. The lowest BCUT2D eigenvalue weighted by atomic mass is 10.0. The first-order chi connectivity index (χ1) is 7.09. The minimum absolute atomic E-state index is 0.341. The van der Waals surface area contributed by atoms with Crippen molar-refractivity contribution in [2.45, 2.75) is 26.9 Å². The minimum Gasteiger partial charge on any atom is -0.377 e. The van der Waals surface area contributed by atoms with E-state index in [0.717, 1.165) is 32.8 Å². The molecule has 0 aromatic heterocycles. The summed E-state index contributed by atoms with van der Waals surface area (Å²) in [5.74, 6) is 0. The zero-order chi connectivity index (χ0) is 11.3. The number of hydrogen-bond donors (Lipinski definition) is 1. The van der Waals surface area contributed by atoms with Gasteiger partial charge in [-0.3, -0.25) is 0 Å². The zero-order valence-corrected chi connectivity index (χ0v) is 10.5. The van der Waals surface area contributed by atoms with Crippen molar-refractivity contribution in [1.82, 2.24) is 10.2 Å². The molecule has 0 radical (unpaired) electrons. The van der Waals surface area contributed by atoms with Crippen LogP contribution in [0.2, 0.25) is 0 Å². The van der Waals surface area contributed by atoms with E-state index in [1.54, 1.807) is 5.57 Å². The quantitative estimate of drug-likeness (QED) is 0.671. The smallest absolute Gasteiger partial charge is 0.0596 e. The molecule has 3 heteroatoms. The third kappa shape index (κ3) is 4.78. The standard InChI is InChI=1S/C12H24N2O/c1-10(2)15-6-5-14(4)9-11(3)12-7-13-8-12/h10,13H,5-9H2,1-4H3. The molecule has 0 bridgehead atoms. The highest BCUT2D eigenvalue weighted by atomic mass is 16.5. The summed E-state index contributed by atoms with van der Waals surface area (Å²) in [5.41, 5.74) is 3.09. The van der Waals surface area contributed by atoms with Crippen LogP contribution in [-0.2, 0) is 4.74 Å². The minimum atomic E-state index is 0.341. The molecule has 1 aliphatic heterocycles. The average molecular weight is 212 g/mol. The molecule has 1 fully saturated rings. The lowest BCUT2D eigenvalue weighted by Crippen LogP contribution is -2.36. The lowest BCUT2D eigenvalue weighted by Gasteiger charge is -2.25. The van der Waals surface area contributed by atoms with Gasteiger partial charge in [0.2, 0.25) is 0 Å². The topological polar surface area (TPSA) is 24.5 Å². The fourth-order valence-corrected chi connectivity index (χ4v) is 1.59. The first-order valence-corrected chi connectivity index (χ1v) is 5.78. The van der Waals surface area contributed by atoms with Crippen LogP contribution in [0.15, 0.2) is 11.1 Å². The molecule has 3 nitrogen and oxygen atoms in total. The Morgan fingerprint density at radius 1 is 1.47 bits per heavy atom. The maximum absolute atomic E-state index is 5.52. The number of nitrogens with zero attached hydrogens (tertiary/aromatic N) is 1. The van der Waals surface area contributed by atoms with Gasteiger partial charge in [-0.05, 0) is 33.4 Å². The molecule has 1 rings (SSSR count). The number of rotatable bonds is 6. The van der Waals surface area contributed by atoms with E-state index in [-0.39, 0.29) is 0 Å². The van der Waals surface area contributed by atoms with E-state index < -0.39 is 0 Å². The molecule has 1 aliphatic rings. The summed E-state index contributed by atoms with van der Waals surface area (Å²) in [6, 6.07) is 0. The van der Waals surface area contributed by atoms with Crippen LogP contribution < -0.4 is 5.32 Å². The van der Waals surface area contributed by atoms with Gasteiger partial charge >= 0.3 is 0 Å². The van der Waals surface area contributed by atoms with Crippen LogP contribution in [0.4, 0.5) is 0 Å². The Morgan fingerprint density at radius 2 is 2.13 bits per heavy atom. The van der Waals surface area contributed by atoms with Crippen molar-refractivity contribution in [3.8, 4) is 0 Å². The highest BCUT2D eigenvalue weighted by molar-refractivity contribution is 5.22. The van der Waals surface area contributed by atoms with Crippen molar-refractivity contribution in [2.24, 2.45) is 0 Å². The van der Waals surface area contributed by atoms with Gasteiger partial charge in [-0.2, -0.15) is 0 Å². The summed E-state index contributed by atoms with van der Waals surface area (Å²) in [4.78, 5) is 2.32. The summed E-state index contributed by atoms with van der Waals surface area (Å²) < 4.78 is 5.52. The Bertz CT molecular complexity index is 218. The second-order valence-corrected chi connectivity index (χ2v) is 4.64. The van der Waals surface area contributed by atoms with Crippen LogP contribution in [0.1, 0.15) is 20.8 Å². The third-order valence-electron chi connectivity index (χ3n) is 2.71. The van der Waals surface area contributed by atoms with Gasteiger partial charge in [0.15, 0.2) is 0 Å². The molecule has 1 N–H and O–H groups in total. The number of nitrogens with one attached hydrogen (secondary N) is 1. The van der Waals surface area contributed by atoms with Gasteiger partial charge in [-0.25, -0.2) is 0 Å². The molecule has 88 valence electrons. The second-order valence-electron chi connectivity index (χ2n) is 4.64. The molecule has 0 aromatic carbocycles. The number of likely N-dealkylation sites (N-methyl/N-ethyl adjacent to an activating group) is 1. The largest absolute Gasteiger partial charge is 0.377 e. The Labute approximate surface area is 93.5 Å². The Hall–Kier alpha value is -0.380. The fourth-order valence-electron chi connectivity index (χ4n) is 1.59. The monoisotopic (exact) mass is 212 g/mol. The van der Waals surface area contributed by atoms with Crippen molar-refractivity contribution in [2.75, 3.05) is 39.8 Å². The second kappa shape index (κ2) is 6.26. The molecular weight excluding hydrogens is 188 g/mol. The van der Waals surface area contributed by atoms with E-state index in [1.807, 2.05) is 0 Å². The van der Waals surface area contributed by atoms with Crippen LogP contribution in [0.3, 0.4) is 0 Å². The van der Waals surface area contributed by atoms with Gasteiger partial charge in [0.25, 0.3) is 0 Å². The van der Waals surface area contributed by atoms with Crippen molar-refractivity contribution in [1.29, 1.82) is 0 Å². The van der Waals surface area contributed by atoms with Crippen LogP contribution in [0, 0.1) is 0 Å². The average Bonchev–Trinajstić information content (AvgIpc) is 1.98. The van der Waals surface area contributed by atoms with E-state index in [2.05, 4.69) is 38.0 Å². The molecular formula is C12H24N2O. The van der Waals surface area contributed by atoms with Gasteiger partial charge in [0.05, 0.1) is 12.7 Å². The van der Waals surface area contributed by atoms with E-state index in [1.165, 1.54) is 5.57 Å². The van der Waals surface area contributed by atoms with Crippen LogP contribution in [0.25, 0.3) is 0 Å². The SMILES string of the molecule is CC(CN(C)CCOC(C)C)=C1CNC1. The predicted octanol–water partition coefficient (Wildman–Crippen LogP) is 1.26. The highest BCUT2D eigenvalue weighted by Crippen LogP contribution is 2.09. The molecule has 0 aliphatic carbocycles. The van der Waals surface area contributed by atoms with Crippen molar-refractivity contribution in [3.63, 3.8) is 0 Å². The van der Waals surface area contributed by atoms with Gasteiger partial charge in [0, 0.05) is 26.2 Å². The fraction of sp³-hybridized carbons (Fsp3) is 0.833. The van der Waals surface area contributed by atoms with E-state index in [9.17, 15) is 0 Å². The molecule has 1 saturated heterocycles. The Kier molecular flexibility index (Phi) is 5.29. The summed E-state index contributed by atoms with van der Waals surface area (Å²) >= 11 is 0. The van der Waals surface area contributed by atoms with E-state index in [4.69, 9.17) is 4.74 Å². The normalized spacial score (nSPS) is 16.0. The number of ether oxygens (including phenoxy) is 1. The summed E-state index contributed by atoms with van der Waals surface area (Å²) in [6.45, 7) is 11.5. The lowest BCUT2D eigenvalue weighted by molar-refractivity contribution is 0.0653. The molecule has 0 aromatic rings. The van der Waals surface area contributed by atoms with Crippen LogP contribution in [0.5, 0.6) is 0 Å². The number of hydrogen-bond acceptors (Lipinski definition) is 3. The van der Waals surface area contributed by atoms with Crippen LogP contribution >= 0.6 is 0 Å². The van der Waals surface area contributed by atoms with Gasteiger partial charge in [0.1, 0.15) is 0 Å². The molecule has 0 spiro atoms. The molecule has 0 amide bonds. The Morgan fingerprint density at radius 3 is 2.60 bits per heavy atom. The van der Waals surface area contributed by atoms with Gasteiger partial charge in [-0.15, -0.1) is 0 Å². The third-order valence-corrected chi connectivity index (χ3v) is 2.71. The first-order valence-electron chi connectivity index (χ1n) is 5.78. The molecule has 15 heavy (non-hydrogen) atoms. The summed E-state index contributed by atoms with van der Waals surface area (Å²) in [6.07, 6.45) is 0.341. The van der Waals surface area contributed by atoms with Crippen molar-refractivity contribution >= 4 is 0 Å². The van der Waals surface area contributed by atoms with E-state index >= 15 is 0 Å². The summed E-state index contributed by atoms with van der Waals surface area (Å²) in [5, 5.41) is 3.27. The maximum atomic E-state index is 5.52. The molecule has 1 heterocycles. The Balaban J connectivity index is 2.15. The molecule has 0 saturated carbocycles. The summed E-state index contributed by atoms with van der Waals surface area (Å²) in [7, 11) is 2.15. The first kappa shape index (κ1) is 12.7. The van der Waals surface area contributed by atoms with Gasteiger partial charge < -0.3 is 15.0 Å². The molecule has 0 unspecified atom stereocenters. The van der Waals surface area contributed by atoms with E-state index in [0.29, 0.717) is 6.10 Å². The van der Waals surface area contributed by atoms with Crippen molar-refractivity contribution < 1.29 is 4.74 Å². The highest BCUT2D eigenvalue weighted by Gasteiger charge is 2.11.